The van der Waals surface area contributed by atoms with Crippen LogP contribution in [0.25, 0.3) is 0 Å². The summed E-state index contributed by atoms with van der Waals surface area (Å²) >= 11 is 0. The Morgan fingerprint density at radius 2 is 1.94 bits per heavy atom. The Kier molecular flexibility index (Phi) is 4.93. The fourth-order valence-electron chi connectivity index (χ4n) is 2.32. The summed E-state index contributed by atoms with van der Waals surface area (Å²) in [6.45, 7) is 1.95. The Morgan fingerprint density at radius 1 is 1.35 bits per heavy atom. The molecular formula is C12H22N2O3. The van der Waals surface area contributed by atoms with Crippen molar-refractivity contribution in [2.24, 2.45) is 5.73 Å². The summed E-state index contributed by atoms with van der Waals surface area (Å²) in [6.07, 6.45) is 5.13. The first-order valence-corrected chi connectivity index (χ1v) is 6.33. The van der Waals surface area contributed by atoms with Crippen LogP contribution in [0.2, 0.25) is 0 Å². The average Bonchev–Trinajstić information content (AvgIpc) is 2.30. The van der Waals surface area contributed by atoms with Gasteiger partial charge in [-0.1, -0.05) is 32.6 Å². The van der Waals surface area contributed by atoms with Crippen LogP contribution in [0.5, 0.6) is 0 Å². The van der Waals surface area contributed by atoms with E-state index >= 15 is 0 Å². The number of rotatable bonds is 5. The number of nitrogens with two attached hydrogens (primary N) is 1. The van der Waals surface area contributed by atoms with E-state index < -0.39 is 17.6 Å². The van der Waals surface area contributed by atoms with Crippen LogP contribution in [0.4, 0.5) is 0 Å². The minimum Gasteiger partial charge on any atom is -0.480 e. The molecule has 1 aliphatic carbocycles. The SMILES string of the molecule is CCCC(N)C(=O)NC1(C(=O)O)CCCCC1. The van der Waals surface area contributed by atoms with Crippen LogP contribution in [-0.2, 0) is 9.59 Å². The summed E-state index contributed by atoms with van der Waals surface area (Å²) in [4.78, 5) is 23.1. The van der Waals surface area contributed by atoms with Gasteiger partial charge in [0, 0.05) is 0 Å². The van der Waals surface area contributed by atoms with Gasteiger partial charge in [0.1, 0.15) is 5.54 Å². The smallest absolute Gasteiger partial charge is 0.329 e. The fraction of sp³-hybridized carbons (Fsp3) is 0.833. The van der Waals surface area contributed by atoms with Crippen molar-refractivity contribution in [2.75, 3.05) is 0 Å². The van der Waals surface area contributed by atoms with Crippen LogP contribution in [0.15, 0.2) is 0 Å². The highest BCUT2D eigenvalue weighted by Gasteiger charge is 2.41. The number of aliphatic carboxylic acids is 1. The van der Waals surface area contributed by atoms with Gasteiger partial charge in [-0.25, -0.2) is 4.79 Å². The zero-order chi connectivity index (χ0) is 12.9. The monoisotopic (exact) mass is 242 g/mol. The lowest BCUT2D eigenvalue weighted by molar-refractivity contribution is -0.149. The number of hydrogen-bond donors (Lipinski definition) is 3. The normalized spacial score (nSPS) is 20.6. The fourth-order valence-corrected chi connectivity index (χ4v) is 2.32. The molecule has 4 N–H and O–H groups in total. The topological polar surface area (TPSA) is 92.4 Å². The number of hydrogen-bond acceptors (Lipinski definition) is 3. The van der Waals surface area contributed by atoms with Gasteiger partial charge in [0.2, 0.25) is 5.91 Å². The minimum atomic E-state index is -1.08. The third-order valence-corrected chi connectivity index (χ3v) is 3.42. The first-order valence-electron chi connectivity index (χ1n) is 6.33. The van der Waals surface area contributed by atoms with E-state index in [0.29, 0.717) is 19.3 Å². The Morgan fingerprint density at radius 3 is 2.41 bits per heavy atom. The van der Waals surface area contributed by atoms with Gasteiger partial charge < -0.3 is 16.2 Å². The van der Waals surface area contributed by atoms with Crippen molar-refractivity contribution in [1.82, 2.24) is 5.32 Å². The second-order valence-corrected chi connectivity index (χ2v) is 4.83. The molecule has 0 aromatic heterocycles. The van der Waals surface area contributed by atoms with Gasteiger partial charge in [-0.05, 0) is 19.3 Å². The van der Waals surface area contributed by atoms with E-state index in [9.17, 15) is 14.7 Å². The second-order valence-electron chi connectivity index (χ2n) is 4.83. The molecule has 0 bridgehead atoms. The molecule has 98 valence electrons. The van der Waals surface area contributed by atoms with E-state index in [1.54, 1.807) is 0 Å². The Labute approximate surface area is 102 Å². The third kappa shape index (κ3) is 3.43. The molecule has 0 saturated heterocycles. The van der Waals surface area contributed by atoms with Crippen molar-refractivity contribution >= 4 is 11.9 Å². The molecule has 0 aliphatic heterocycles. The highest BCUT2D eigenvalue weighted by atomic mass is 16.4. The molecular weight excluding hydrogens is 220 g/mol. The predicted octanol–water partition coefficient (Wildman–Crippen LogP) is 1.02. The Hall–Kier alpha value is -1.10. The molecule has 0 radical (unpaired) electrons. The van der Waals surface area contributed by atoms with E-state index in [-0.39, 0.29) is 5.91 Å². The summed E-state index contributed by atoms with van der Waals surface area (Å²) < 4.78 is 0. The number of carbonyl (C=O) groups is 2. The first-order chi connectivity index (χ1) is 8.02. The largest absolute Gasteiger partial charge is 0.480 e. The molecule has 5 nitrogen and oxygen atoms in total. The Balaban J connectivity index is 2.66. The van der Waals surface area contributed by atoms with Crippen LogP contribution in [0.3, 0.4) is 0 Å². The zero-order valence-electron chi connectivity index (χ0n) is 10.4. The van der Waals surface area contributed by atoms with E-state index in [4.69, 9.17) is 5.73 Å². The molecule has 0 heterocycles. The molecule has 0 spiro atoms. The van der Waals surface area contributed by atoms with E-state index in [1.165, 1.54) is 0 Å². The molecule has 1 rings (SSSR count). The quantitative estimate of drug-likeness (QED) is 0.671. The maximum Gasteiger partial charge on any atom is 0.329 e. The van der Waals surface area contributed by atoms with Crippen LogP contribution >= 0.6 is 0 Å². The summed E-state index contributed by atoms with van der Waals surface area (Å²) in [5.41, 5.74) is 4.62. The van der Waals surface area contributed by atoms with Crippen molar-refractivity contribution in [2.45, 2.75) is 63.5 Å². The lowest BCUT2D eigenvalue weighted by Gasteiger charge is -2.34. The highest BCUT2D eigenvalue weighted by molar-refractivity contribution is 5.89. The number of nitrogens with one attached hydrogen (secondary N) is 1. The summed E-state index contributed by atoms with van der Waals surface area (Å²) in [6, 6.07) is -0.599. The van der Waals surface area contributed by atoms with Crippen LogP contribution in [0, 0.1) is 0 Å². The Bertz CT molecular complexity index is 285. The molecule has 0 aromatic rings. The molecule has 1 saturated carbocycles. The minimum absolute atomic E-state index is 0.337. The van der Waals surface area contributed by atoms with E-state index in [2.05, 4.69) is 5.32 Å². The summed E-state index contributed by atoms with van der Waals surface area (Å²) in [7, 11) is 0. The zero-order valence-corrected chi connectivity index (χ0v) is 10.4. The molecule has 0 aromatic carbocycles. The van der Waals surface area contributed by atoms with E-state index in [1.807, 2.05) is 6.92 Å². The van der Waals surface area contributed by atoms with Gasteiger partial charge in [-0.3, -0.25) is 4.79 Å². The molecule has 1 aliphatic rings. The number of carbonyl (C=O) groups excluding carboxylic acids is 1. The van der Waals surface area contributed by atoms with Crippen molar-refractivity contribution in [3.63, 3.8) is 0 Å². The van der Waals surface area contributed by atoms with Gasteiger partial charge >= 0.3 is 5.97 Å². The van der Waals surface area contributed by atoms with Gasteiger partial charge in [0.25, 0.3) is 0 Å². The maximum absolute atomic E-state index is 11.8. The lowest BCUT2D eigenvalue weighted by atomic mass is 9.81. The molecule has 1 fully saturated rings. The van der Waals surface area contributed by atoms with Crippen molar-refractivity contribution in [3.05, 3.63) is 0 Å². The number of carboxylic acids is 1. The van der Waals surface area contributed by atoms with Crippen LogP contribution in [-0.4, -0.2) is 28.6 Å². The van der Waals surface area contributed by atoms with E-state index in [0.717, 1.165) is 25.7 Å². The predicted molar refractivity (Wildman–Crippen MR) is 64.5 cm³/mol. The lowest BCUT2D eigenvalue weighted by Crippen LogP contribution is -2.59. The van der Waals surface area contributed by atoms with Crippen LogP contribution in [0.1, 0.15) is 51.9 Å². The molecule has 1 atom stereocenters. The summed E-state index contributed by atoms with van der Waals surface area (Å²) in [5.74, 6) is -1.27. The van der Waals surface area contributed by atoms with Gasteiger partial charge in [-0.15, -0.1) is 0 Å². The second kappa shape index (κ2) is 6.00. The first kappa shape index (κ1) is 14.0. The molecule has 5 heteroatoms. The van der Waals surface area contributed by atoms with Gasteiger partial charge in [0.05, 0.1) is 6.04 Å². The third-order valence-electron chi connectivity index (χ3n) is 3.42. The van der Waals surface area contributed by atoms with Crippen molar-refractivity contribution in [1.29, 1.82) is 0 Å². The standard InChI is InChI=1S/C12H22N2O3/c1-2-6-9(13)10(15)14-12(11(16)17)7-4-3-5-8-12/h9H,2-8,13H2,1H3,(H,14,15)(H,16,17). The van der Waals surface area contributed by atoms with Crippen molar-refractivity contribution in [3.8, 4) is 0 Å². The average molecular weight is 242 g/mol. The summed E-state index contributed by atoms with van der Waals surface area (Å²) in [5, 5.41) is 11.9. The van der Waals surface area contributed by atoms with Gasteiger partial charge in [-0.2, -0.15) is 0 Å². The number of amides is 1. The van der Waals surface area contributed by atoms with Crippen LogP contribution < -0.4 is 11.1 Å². The molecule has 1 unspecified atom stereocenters. The maximum atomic E-state index is 11.8. The molecule has 17 heavy (non-hydrogen) atoms. The van der Waals surface area contributed by atoms with Gasteiger partial charge in [0.15, 0.2) is 0 Å². The molecule has 1 amide bonds. The number of carboxylic acid groups (broad SMARTS) is 1. The highest BCUT2D eigenvalue weighted by Crippen LogP contribution is 2.28. The van der Waals surface area contributed by atoms with Crippen molar-refractivity contribution < 1.29 is 14.7 Å².